The van der Waals surface area contributed by atoms with Gasteiger partial charge in [0.1, 0.15) is 5.82 Å². The van der Waals surface area contributed by atoms with Crippen LogP contribution in [0.1, 0.15) is 27.0 Å². The highest BCUT2D eigenvalue weighted by molar-refractivity contribution is 9.11. The van der Waals surface area contributed by atoms with Gasteiger partial charge in [-0.3, -0.25) is 4.79 Å². The number of hydrogen-bond acceptors (Lipinski definition) is 1. The third kappa shape index (κ3) is 2.95. The van der Waals surface area contributed by atoms with Gasteiger partial charge in [0, 0.05) is 20.1 Å². The van der Waals surface area contributed by atoms with Crippen LogP contribution in [0.3, 0.4) is 0 Å². The van der Waals surface area contributed by atoms with Crippen LogP contribution < -0.4 is 0 Å². The summed E-state index contributed by atoms with van der Waals surface area (Å²) in [5, 5.41) is 0. The van der Waals surface area contributed by atoms with Gasteiger partial charge in [-0.05, 0) is 55.3 Å². The van der Waals surface area contributed by atoms with Gasteiger partial charge in [0.15, 0.2) is 5.78 Å². The first-order valence-corrected chi connectivity index (χ1v) is 7.25. The van der Waals surface area contributed by atoms with E-state index in [1.165, 1.54) is 12.1 Å². The van der Waals surface area contributed by atoms with Gasteiger partial charge < -0.3 is 0 Å². The number of halogens is 3. The molecule has 0 saturated carbocycles. The zero-order chi connectivity index (χ0) is 14.2. The van der Waals surface area contributed by atoms with Crippen molar-refractivity contribution < 1.29 is 9.18 Å². The van der Waals surface area contributed by atoms with Crippen molar-refractivity contribution in [3.63, 3.8) is 0 Å². The molecule has 0 saturated heterocycles. The fourth-order valence-corrected chi connectivity index (χ4v) is 2.74. The second-order valence-corrected chi connectivity index (χ2v) is 6.08. The van der Waals surface area contributed by atoms with Crippen LogP contribution in [0.4, 0.5) is 4.39 Å². The minimum atomic E-state index is -0.305. The molecule has 0 spiro atoms. The van der Waals surface area contributed by atoms with Crippen molar-refractivity contribution in [3.05, 3.63) is 67.3 Å². The van der Waals surface area contributed by atoms with Gasteiger partial charge >= 0.3 is 0 Å². The number of ketones is 1. The molecule has 0 fully saturated rings. The summed E-state index contributed by atoms with van der Waals surface area (Å²) < 4.78 is 14.8. The Morgan fingerprint density at radius 3 is 2.32 bits per heavy atom. The van der Waals surface area contributed by atoms with Crippen molar-refractivity contribution in [2.75, 3.05) is 0 Å². The van der Waals surface area contributed by atoms with Crippen molar-refractivity contribution in [1.82, 2.24) is 0 Å². The minimum Gasteiger partial charge on any atom is -0.289 e. The Labute approximate surface area is 128 Å². The topological polar surface area (TPSA) is 17.1 Å². The standard InChI is InChI=1S/C15H11Br2FO/c1-8-6-13(17)11(7-12(8)16)15(19)10-3-4-14(18)9(2)5-10/h3-7H,1-2H3. The maximum absolute atomic E-state index is 13.2. The van der Waals surface area contributed by atoms with Crippen LogP contribution in [-0.4, -0.2) is 5.78 Å². The molecule has 4 heteroatoms. The van der Waals surface area contributed by atoms with Crippen molar-refractivity contribution >= 4 is 37.6 Å². The van der Waals surface area contributed by atoms with Gasteiger partial charge in [0.2, 0.25) is 0 Å². The van der Waals surface area contributed by atoms with E-state index in [4.69, 9.17) is 0 Å². The Kier molecular flexibility index (Phi) is 4.21. The Bertz CT molecular complexity index is 665. The molecule has 0 aromatic heterocycles. The Morgan fingerprint density at radius 1 is 1.00 bits per heavy atom. The molecule has 0 N–H and O–H groups in total. The molecule has 0 aliphatic carbocycles. The third-order valence-electron chi connectivity index (χ3n) is 2.91. The smallest absolute Gasteiger partial charge is 0.194 e. The van der Waals surface area contributed by atoms with E-state index in [0.29, 0.717) is 16.7 Å². The van der Waals surface area contributed by atoms with Crippen LogP contribution in [0.5, 0.6) is 0 Å². The van der Waals surface area contributed by atoms with Crippen molar-refractivity contribution in [1.29, 1.82) is 0 Å². The lowest BCUT2D eigenvalue weighted by Gasteiger charge is -2.08. The molecule has 2 rings (SSSR count). The first-order chi connectivity index (χ1) is 8.90. The van der Waals surface area contributed by atoms with Crippen LogP contribution in [-0.2, 0) is 0 Å². The second-order valence-electron chi connectivity index (χ2n) is 4.37. The molecule has 19 heavy (non-hydrogen) atoms. The molecule has 98 valence electrons. The summed E-state index contributed by atoms with van der Waals surface area (Å²) in [6.07, 6.45) is 0. The lowest BCUT2D eigenvalue weighted by Crippen LogP contribution is -2.04. The van der Waals surface area contributed by atoms with E-state index < -0.39 is 0 Å². The van der Waals surface area contributed by atoms with Crippen molar-refractivity contribution in [2.24, 2.45) is 0 Å². The predicted molar refractivity (Wildman–Crippen MR) is 81.1 cm³/mol. The Balaban J connectivity index is 2.49. The lowest BCUT2D eigenvalue weighted by atomic mass is 10.0. The molecule has 0 unspecified atom stereocenters. The summed E-state index contributed by atoms with van der Waals surface area (Å²) in [5.41, 5.74) is 2.55. The molecule has 0 amide bonds. The average molecular weight is 386 g/mol. The Hall–Kier alpha value is -1.00. The van der Waals surface area contributed by atoms with Crippen LogP contribution in [0.2, 0.25) is 0 Å². The number of rotatable bonds is 2. The molecule has 0 aliphatic rings. The fraction of sp³-hybridized carbons (Fsp3) is 0.133. The molecule has 0 radical (unpaired) electrons. The molecule has 0 aliphatic heterocycles. The lowest BCUT2D eigenvalue weighted by molar-refractivity contribution is 0.103. The van der Waals surface area contributed by atoms with E-state index >= 15 is 0 Å². The number of carbonyl (C=O) groups is 1. The fourth-order valence-electron chi connectivity index (χ4n) is 1.76. The maximum Gasteiger partial charge on any atom is 0.194 e. The molecular weight excluding hydrogens is 375 g/mol. The molecule has 2 aromatic rings. The summed E-state index contributed by atoms with van der Waals surface area (Å²) in [6, 6.07) is 8.05. The number of hydrogen-bond donors (Lipinski definition) is 0. The highest BCUT2D eigenvalue weighted by Crippen LogP contribution is 2.27. The van der Waals surface area contributed by atoms with E-state index in [1.54, 1.807) is 19.1 Å². The van der Waals surface area contributed by atoms with E-state index in [-0.39, 0.29) is 11.6 Å². The van der Waals surface area contributed by atoms with Gasteiger partial charge in [-0.25, -0.2) is 4.39 Å². The predicted octanol–water partition coefficient (Wildman–Crippen LogP) is 5.20. The van der Waals surface area contributed by atoms with E-state index in [9.17, 15) is 9.18 Å². The van der Waals surface area contributed by atoms with Gasteiger partial charge in [-0.1, -0.05) is 31.9 Å². The highest BCUT2D eigenvalue weighted by Gasteiger charge is 2.15. The number of benzene rings is 2. The van der Waals surface area contributed by atoms with Gasteiger partial charge in [0.05, 0.1) is 0 Å². The summed E-state index contributed by atoms with van der Waals surface area (Å²) >= 11 is 6.81. The average Bonchev–Trinajstić information content (AvgIpc) is 2.36. The van der Waals surface area contributed by atoms with E-state index in [1.807, 2.05) is 13.0 Å². The molecule has 2 aromatic carbocycles. The van der Waals surface area contributed by atoms with E-state index in [0.717, 1.165) is 14.5 Å². The summed E-state index contributed by atoms with van der Waals surface area (Å²) in [6.45, 7) is 3.59. The van der Waals surface area contributed by atoms with Crippen LogP contribution in [0.25, 0.3) is 0 Å². The van der Waals surface area contributed by atoms with Gasteiger partial charge in [-0.2, -0.15) is 0 Å². The second kappa shape index (κ2) is 5.55. The first-order valence-electron chi connectivity index (χ1n) is 5.66. The zero-order valence-corrected chi connectivity index (χ0v) is 13.6. The van der Waals surface area contributed by atoms with Crippen molar-refractivity contribution in [2.45, 2.75) is 13.8 Å². The number of carbonyl (C=O) groups excluding carboxylic acids is 1. The minimum absolute atomic E-state index is 0.129. The van der Waals surface area contributed by atoms with Gasteiger partial charge in [0.25, 0.3) is 0 Å². The van der Waals surface area contributed by atoms with Crippen LogP contribution in [0.15, 0.2) is 39.3 Å². The molecule has 0 bridgehead atoms. The molecule has 0 heterocycles. The zero-order valence-electron chi connectivity index (χ0n) is 10.4. The molecule has 1 nitrogen and oxygen atoms in total. The highest BCUT2D eigenvalue weighted by atomic mass is 79.9. The third-order valence-corrected chi connectivity index (χ3v) is 4.42. The summed E-state index contributed by atoms with van der Waals surface area (Å²) in [4.78, 5) is 12.4. The maximum atomic E-state index is 13.2. The summed E-state index contributed by atoms with van der Waals surface area (Å²) in [5.74, 6) is -0.434. The monoisotopic (exact) mass is 384 g/mol. The quantitative estimate of drug-likeness (QED) is 0.649. The van der Waals surface area contributed by atoms with E-state index in [2.05, 4.69) is 31.9 Å². The van der Waals surface area contributed by atoms with Crippen molar-refractivity contribution in [3.8, 4) is 0 Å². The van der Waals surface area contributed by atoms with Crippen LogP contribution in [0, 0.1) is 19.7 Å². The Morgan fingerprint density at radius 2 is 1.68 bits per heavy atom. The normalized spacial score (nSPS) is 10.6. The van der Waals surface area contributed by atoms with Crippen LogP contribution >= 0.6 is 31.9 Å². The molecule has 0 atom stereocenters. The largest absolute Gasteiger partial charge is 0.289 e. The summed E-state index contributed by atoms with van der Waals surface area (Å²) in [7, 11) is 0. The number of aryl methyl sites for hydroxylation is 2. The SMILES string of the molecule is Cc1cc(C(=O)c2cc(Br)c(C)cc2Br)ccc1F. The first kappa shape index (κ1) is 14.4. The molecular formula is C15H11Br2FO. The van der Waals surface area contributed by atoms with Gasteiger partial charge in [-0.15, -0.1) is 0 Å².